The first kappa shape index (κ1) is 49.1. The van der Waals surface area contributed by atoms with Crippen molar-refractivity contribution in [1.29, 1.82) is 0 Å². The van der Waals surface area contributed by atoms with E-state index in [1.54, 1.807) is 0 Å². The van der Waals surface area contributed by atoms with Crippen LogP contribution in [0.5, 0.6) is 0 Å². The van der Waals surface area contributed by atoms with Crippen LogP contribution in [0.25, 0.3) is 0 Å². The first-order valence-electron chi connectivity index (χ1n) is 16.0. The summed E-state index contributed by atoms with van der Waals surface area (Å²) in [5.74, 6) is 0.288. The lowest BCUT2D eigenvalue weighted by Gasteiger charge is -2.16. The quantitative estimate of drug-likeness (QED) is 0.206. The molecule has 0 aliphatic rings. The molecule has 0 radical (unpaired) electrons. The van der Waals surface area contributed by atoms with E-state index in [2.05, 4.69) is 79.9 Å². The summed E-state index contributed by atoms with van der Waals surface area (Å²) in [6.45, 7) is 24.9. The fraction of sp³-hybridized carbons (Fsp3) is 0.939. The van der Waals surface area contributed by atoms with Crippen molar-refractivity contribution >= 4 is 11.7 Å². The maximum atomic E-state index is 11.5. The summed E-state index contributed by atoms with van der Waals surface area (Å²) in [4.78, 5) is 21.0. The zero-order valence-corrected chi connectivity index (χ0v) is 28.4. The van der Waals surface area contributed by atoms with E-state index in [1.165, 1.54) is 104 Å². The van der Waals surface area contributed by atoms with Crippen LogP contribution in [-0.4, -0.2) is 31.3 Å². The summed E-state index contributed by atoms with van der Waals surface area (Å²) < 4.78 is 0. The van der Waals surface area contributed by atoms with Crippen LogP contribution in [0.15, 0.2) is 0 Å². The minimum absolute atomic E-state index is 0.122. The van der Waals surface area contributed by atoms with Crippen molar-refractivity contribution in [3.63, 3.8) is 0 Å². The van der Waals surface area contributed by atoms with Gasteiger partial charge in [-0.15, -0.1) is 0 Å². The van der Waals surface area contributed by atoms with Gasteiger partial charge in [0.05, 0.1) is 6.54 Å². The molecule has 4 nitrogen and oxygen atoms in total. The Morgan fingerprint density at radius 3 is 1.14 bits per heavy atom. The molecule has 0 aromatic rings. The zero-order valence-electron chi connectivity index (χ0n) is 28.4. The van der Waals surface area contributed by atoms with Crippen molar-refractivity contribution in [3.05, 3.63) is 0 Å². The third kappa shape index (κ3) is 95.2. The van der Waals surface area contributed by atoms with Crippen LogP contribution in [0, 0.1) is 0 Å². The topological polar surface area (TPSA) is 58.2 Å². The number of carbonyl (C=O) groups excluding carboxylic acids is 2. The van der Waals surface area contributed by atoms with E-state index in [-0.39, 0.29) is 11.7 Å². The number of nitrogens with one attached hydrogen (secondary N) is 2. The van der Waals surface area contributed by atoms with E-state index < -0.39 is 0 Å². The Kier molecular flexibility index (Phi) is 73.7. The second kappa shape index (κ2) is 55.6. The van der Waals surface area contributed by atoms with Crippen molar-refractivity contribution in [2.45, 2.75) is 192 Å². The molecular weight excluding hydrogens is 456 g/mol. The third-order valence-electron chi connectivity index (χ3n) is 4.10. The van der Waals surface area contributed by atoms with Gasteiger partial charge in [-0.3, -0.25) is 4.79 Å². The van der Waals surface area contributed by atoms with Gasteiger partial charge in [-0.1, -0.05) is 159 Å². The molecule has 0 aromatic heterocycles. The van der Waals surface area contributed by atoms with Crippen LogP contribution >= 0.6 is 0 Å². The Morgan fingerprint density at radius 2 is 0.865 bits per heavy atom. The highest BCUT2D eigenvalue weighted by Crippen LogP contribution is 2.12. The second-order valence-corrected chi connectivity index (χ2v) is 9.91. The number of likely N-dealkylation sites (N-methyl/N-ethyl adjacent to an activating group) is 1. The molecule has 0 saturated carbocycles. The molecule has 0 bridgehead atoms. The van der Waals surface area contributed by atoms with Crippen LogP contribution < -0.4 is 10.6 Å². The predicted molar refractivity (Wildman–Crippen MR) is 173 cm³/mol. The van der Waals surface area contributed by atoms with E-state index >= 15 is 0 Å². The predicted octanol–water partition coefficient (Wildman–Crippen LogP) is 10.7. The highest BCUT2D eigenvalue weighted by Gasteiger charge is 2.08. The highest BCUT2D eigenvalue weighted by molar-refractivity contribution is 5.78. The van der Waals surface area contributed by atoms with E-state index in [0.717, 1.165) is 12.8 Å². The third-order valence-corrected chi connectivity index (χ3v) is 4.10. The second-order valence-electron chi connectivity index (χ2n) is 9.91. The molecule has 0 aliphatic heterocycles. The number of rotatable bonds is 15. The number of carbonyl (C=O) groups is 2. The number of hydrogen-bond acceptors (Lipinski definition) is 3. The highest BCUT2D eigenvalue weighted by atomic mass is 16.2. The first-order chi connectivity index (χ1) is 17.6. The van der Waals surface area contributed by atoms with Crippen molar-refractivity contribution in [1.82, 2.24) is 10.6 Å². The van der Waals surface area contributed by atoms with E-state index in [1.807, 2.05) is 7.05 Å². The van der Waals surface area contributed by atoms with Crippen LogP contribution in [-0.2, 0) is 9.59 Å². The van der Waals surface area contributed by atoms with Gasteiger partial charge in [0.15, 0.2) is 0 Å². The minimum atomic E-state index is 0.122. The maximum Gasteiger partial charge on any atom is 0.234 e. The molecule has 0 fully saturated rings. The summed E-state index contributed by atoms with van der Waals surface area (Å²) in [6, 6.07) is 0.361. The van der Waals surface area contributed by atoms with E-state index in [9.17, 15) is 9.59 Å². The van der Waals surface area contributed by atoms with Gasteiger partial charge in [-0.25, -0.2) is 0 Å². The zero-order chi connectivity index (χ0) is 30.2. The van der Waals surface area contributed by atoms with Crippen LogP contribution in [0.2, 0.25) is 0 Å². The molecule has 230 valence electrons. The summed E-state index contributed by atoms with van der Waals surface area (Å²) in [7, 11) is 1.81. The van der Waals surface area contributed by atoms with Crippen molar-refractivity contribution < 1.29 is 9.59 Å². The van der Waals surface area contributed by atoms with Gasteiger partial charge < -0.3 is 15.4 Å². The summed E-state index contributed by atoms with van der Waals surface area (Å²) in [6.07, 6.45) is 20.9. The van der Waals surface area contributed by atoms with Gasteiger partial charge in [0, 0.05) is 6.04 Å². The molecule has 4 heteroatoms. The van der Waals surface area contributed by atoms with Gasteiger partial charge in [-0.2, -0.15) is 0 Å². The average Bonchev–Trinajstić information content (AvgIpc) is 2.81. The largest absolute Gasteiger partial charge is 0.352 e. The molecule has 0 saturated heterocycles. The normalized spacial score (nSPS) is 9.65. The Morgan fingerprint density at radius 1 is 0.568 bits per heavy atom. The molecule has 1 atom stereocenters. The molecule has 0 heterocycles. The van der Waals surface area contributed by atoms with Gasteiger partial charge in [0.2, 0.25) is 5.91 Å². The van der Waals surface area contributed by atoms with Gasteiger partial charge in [-0.05, 0) is 33.7 Å². The summed E-state index contributed by atoms with van der Waals surface area (Å²) in [5.41, 5.74) is 0. The van der Waals surface area contributed by atoms with Gasteiger partial charge >= 0.3 is 0 Å². The van der Waals surface area contributed by atoms with Gasteiger partial charge in [0.25, 0.3) is 0 Å². The van der Waals surface area contributed by atoms with E-state index in [0.29, 0.717) is 12.6 Å². The Balaban J connectivity index is -0.000000122. The Bertz CT molecular complexity index is 348. The fourth-order valence-corrected chi connectivity index (χ4v) is 2.70. The molecule has 1 unspecified atom stereocenters. The SMILES string of the molecule is CC(C)=O.CCC.CCC.CCC.CCC.CCCCCCCCCCCCC(CC)NC(=O)CNC. The molecule has 1 amide bonds. The molecule has 2 N–H and O–H groups in total. The lowest BCUT2D eigenvalue weighted by molar-refractivity contribution is -0.121. The molecular formula is C33H76N2O2. The van der Waals surface area contributed by atoms with Crippen molar-refractivity contribution in [2.24, 2.45) is 0 Å². The average molecular weight is 533 g/mol. The lowest BCUT2D eigenvalue weighted by atomic mass is 10.0. The lowest BCUT2D eigenvalue weighted by Crippen LogP contribution is -2.39. The van der Waals surface area contributed by atoms with Crippen molar-refractivity contribution in [3.8, 4) is 0 Å². The standard InChI is InChI=1S/C18H38N2O.C3H6O.4C3H8/c1-4-6-7-8-9-10-11-12-13-14-15-17(5-2)20-18(21)16-19-3;1-3(2)4;4*1-3-2/h17,19H,4-16H2,1-3H3,(H,20,21);1-2H3;4*3H2,1-2H3. The Hall–Kier alpha value is -0.900. The first-order valence-corrected chi connectivity index (χ1v) is 16.0. The monoisotopic (exact) mass is 533 g/mol. The minimum Gasteiger partial charge on any atom is -0.352 e. The number of ketones is 1. The number of unbranched alkanes of at least 4 members (excludes halogenated alkanes) is 9. The molecule has 0 aromatic carbocycles. The van der Waals surface area contributed by atoms with Crippen LogP contribution in [0.1, 0.15) is 186 Å². The van der Waals surface area contributed by atoms with Crippen molar-refractivity contribution in [2.75, 3.05) is 13.6 Å². The number of amides is 1. The van der Waals surface area contributed by atoms with Gasteiger partial charge in [0.1, 0.15) is 5.78 Å². The fourth-order valence-electron chi connectivity index (χ4n) is 2.70. The van der Waals surface area contributed by atoms with Crippen LogP contribution in [0.4, 0.5) is 0 Å². The molecule has 0 rings (SSSR count). The van der Waals surface area contributed by atoms with E-state index in [4.69, 9.17) is 0 Å². The summed E-state index contributed by atoms with van der Waals surface area (Å²) >= 11 is 0. The van der Waals surface area contributed by atoms with Crippen LogP contribution in [0.3, 0.4) is 0 Å². The smallest absolute Gasteiger partial charge is 0.234 e. The Labute approximate surface area is 237 Å². The number of hydrogen-bond donors (Lipinski definition) is 2. The summed E-state index contributed by atoms with van der Waals surface area (Å²) in [5, 5.41) is 5.99. The molecule has 37 heavy (non-hydrogen) atoms. The number of Topliss-reactive ketones (excluding diaryl/α,β-unsaturated/α-hetero) is 1. The molecule has 0 aliphatic carbocycles. The maximum absolute atomic E-state index is 11.5. The molecule has 0 spiro atoms.